The van der Waals surface area contributed by atoms with Crippen LogP contribution in [-0.4, -0.2) is 18.0 Å². The first-order chi connectivity index (χ1) is 12.1. The highest BCUT2D eigenvalue weighted by Crippen LogP contribution is 2.26. The van der Waals surface area contributed by atoms with Crippen LogP contribution in [0.3, 0.4) is 0 Å². The summed E-state index contributed by atoms with van der Waals surface area (Å²) in [6.45, 7) is 4.00. The summed E-state index contributed by atoms with van der Waals surface area (Å²) in [5.74, 6) is 0.749. The van der Waals surface area contributed by atoms with Gasteiger partial charge < -0.3 is 10.1 Å². The molecule has 4 heteroatoms. The number of ether oxygens (including phenoxy) is 1. The van der Waals surface area contributed by atoms with E-state index >= 15 is 0 Å². The lowest BCUT2D eigenvalue weighted by Gasteiger charge is -2.18. The molecule has 4 nitrogen and oxygen atoms in total. The average Bonchev–Trinajstić information content (AvgIpc) is 2.62. The number of nitrogens with one attached hydrogen (secondary N) is 1. The third kappa shape index (κ3) is 3.79. The molecule has 3 aromatic rings. The molecule has 0 aliphatic rings. The Morgan fingerprint density at radius 3 is 2.80 bits per heavy atom. The molecule has 1 heterocycles. The lowest BCUT2D eigenvalue weighted by Crippen LogP contribution is -2.28. The number of aromatic nitrogens is 1. The second kappa shape index (κ2) is 7.34. The van der Waals surface area contributed by atoms with Gasteiger partial charge in [0.1, 0.15) is 5.75 Å². The van der Waals surface area contributed by atoms with E-state index in [1.807, 2.05) is 62.4 Å². The van der Waals surface area contributed by atoms with Gasteiger partial charge in [0.05, 0.1) is 25.1 Å². The number of pyridine rings is 1. The Hall–Kier alpha value is -2.88. The highest BCUT2D eigenvalue weighted by Gasteiger charge is 2.15. The molecule has 1 amide bonds. The van der Waals surface area contributed by atoms with Crippen LogP contribution in [0.25, 0.3) is 10.9 Å². The predicted molar refractivity (Wildman–Crippen MR) is 99.7 cm³/mol. The molecule has 0 spiro atoms. The first kappa shape index (κ1) is 17.0. The number of amides is 1. The fraction of sp³-hybridized carbons (Fsp3) is 0.238. The SMILES string of the molecule is COc1ccc(C)cc1C(C)NC(=O)Cc1cccc2cccnc12. The highest BCUT2D eigenvalue weighted by atomic mass is 16.5. The lowest BCUT2D eigenvalue weighted by molar-refractivity contribution is -0.121. The van der Waals surface area contributed by atoms with Crippen LogP contribution >= 0.6 is 0 Å². The van der Waals surface area contributed by atoms with Crippen molar-refractivity contribution >= 4 is 16.8 Å². The summed E-state index contributed by atoms with van der Waals surface area (Å²) in [6.07, 6.45) is 2.05. The van der Waals surface area contributed by atoms with Crippen molar-refractivity contribution in [3.05, 3.63) is 71.4 Å². The summed E-state index contributed by atoms with van der Waals surface area (Å²) in [5, 5.41) is 4.11. The summed E-state index contributed by atoms with van der Waals surface area (Å²) >= 11 is 0. The van der Waals surface area contributed by atoms with E-state index < -0.39 is 0 Å². The van der Waals surface area contributed by atoms with Gasteiger partial charge in [0.25, 0.3) is 0 Å². The second-order valence-electron chi connectivity index (χ2n) is 6.20. The molecule has 25 heavy (non-hydrogen) atoms. The van der Waals surface area contributed by atoms with Crippen molar-refractivity contribution in [2.24, 2.45) is 0 Å². The number of fused-ring (bicyclic) bond motifs is 1. The van der Waals surface area contributed by atoms with E-state index in [1.54, 1.807) is 13.3 Å². The molecule has 1 unspecified atom stereocenters. The smallest absolute Gasteiger partial charge is 0.224 e. The fourth-order valence-electron chi connectivity index (χ4n) is 3.05. The molecule has 0 radical (unpaired) electrons. The van der Waals surface area contributed by atoms with Gasteiger partial charge in [-0.2, -0.15) is 0 Å². The molecule has 0 fully saturated rings. The Labute approximate surface area is 147 Å². The maximum absolute atomic E-state index is 12.5. The number of para-hydroxylation sites is 1. The Kier molecular flexibility index (Phi) is 4.98. The van der Waals surface area contributed by atoms with Crippen molar-refractivity contribution in [1.29, 1.82) is 0 Å². The minimum atomic E-state index is -0.134. The molecular weight excluding hydrogens is 312 g/mol. The largest absolute Gasteiger partial charge is 0.496 e. The standard InChI is InChI=1S/C21H22N2O2/c1-14-9-10-19(25-3)18(12-14)15(2)23-20(24)13-17-7-4-6-16-8-5-11-22-21(16)17/h4-12,15H,13H2,1-3H3,(H,23,24). The van der Waals surface area contributed by atoms with Crippen LogP contribution in [0, 0.1) is 6.92 Å². The van der Waals surface area contributed by atoms with E-state index in [2.05, 4.69) is 10.3 Å². The zero-order valence-corrected chi connectivity index (χ0v) is 14.7. The second-order valence-corrected chi connectivity index (χ2v) is 6.20. The molecule has 0 aliphatic heterocycles. The number of methoxy groups -OCH3 is 1. The van der Waals surface area contributed by atoms with Gasteiger partial charge in [-0.3, -0.25) is 9.78 Å². The Morgan fingerprint density at radius 1 is 1.20 bits per heavy atom. The highest BCUT2D eigenvalue weighted by molar-refractivity contribution is 5.87. The molecule has 0 saturated carbocycles. The molecule has 0 saturated heterocycles. The van der Waals surface area contributed by atoms with Crippen LogP contribution in [0.2, 0.25) is 0 Å². The van der Waals surface area contributed by atoms with Crippen molar-refractivity contribution in [3.8, 4) is 5.75 Å². The molecule has 1 atom stereocenters. The van der Waals surface area contributed by atoms with E-state index in [1.165, 1.54) is 0 Å². The van der Waals surface area contributed by atoms with Gasteiger partial charge in [-0.05, 0) is 31.5 Å². The van der Waals surface area contributed by atoms with Gasteiger partial charge in [-0.15, -0.1) is 0 Å². The van der Waals surface area contributed by atoms with E-state index in [4.69, 9.17) is 4.74 Å². The molecule has 0 bridgehead atoms. The van der Waals surface area contributed by atoms with Crippen molar-refractivity contribution in [2.45, 2.75) is 26.3 Å². The van der Waals surface area contributed by atoms with Crippen LogP contribution in [-0.2, 0) is 11.2 Å². The van der Waals surface area contributed by atoms with E-state index in [-0.39, 0.29) is 11.9 Å². The van der Waals surface area contributed by atoms with Gasteiger partial charge in [-0.25, -0.2) is 0 Å². The minimum Gasteiger partial charge on any atom is -0.496 e. The molecular formula is C21H22N2O2. The molecule has 128 valence electrons. The van der Waals surface area contributed by atoms with Gasteiger partial charge in [0, 0.05) is 17.1 Å². The maximum atomic E-state index is 12.5. The Bertz CT molecular complexity index is 900. The number of carbonyl (C=O) groups excluding carboxylic acids is 1. The number of rotatable bonds is 5. The van der Waals surface area contributed by atoms with Crippen molar-refractivity contribution in [3.63, 3.8) is 0 Å². The zero-order valence-electron chi connectivity index (χ0n) is 14.7. The normalized spacial score (nSPS) is 12.0. The monoisotopic (exact) mass is 334 g/mol. The van der Waals surface area contributed by atoms with Crippen LogP contribution in [0.1, 0.15) is 29.7 Å². The summed E-state index contributed by atoms with van der Waals surface area (Å²) in [6, 6.07) is 15.7. The molecule has 0 aliphatic carbocycles. The Morgan fingerprint density at radius 2 is 2.00 bits per heavy atom. The van der Waals surface area contributed by atoms with Gasteiger partial charge in [-0.1, -0.05) is 42.0 Å². The number of aryl methyl sites for hydroxylation is 1. The average molecular weight is 334 g/mol. The van der Waals surface area contributed by atoms with E-state index in [0.717, 1.165) is 33.3 Å². The number of benzene rings is 2. The van der Waals surface area contributed by atoms with Crippen molar-refractivity contribution in [1.82, 2.24) is 10.3 Å². The van der Waals surface area contributed by atoms with Gasteiger partial charge in [0.2, 0.25) is 5.91 Å². The van der Waals surface area contributed by atoms with Crippen LogP contribution in [0.5, 0.6) is 5.75 Å². The Balaban J connectivity index is 1.77. The minimum absolute atomic E-state index is 0.0331. The van der Waals surface area contributed by atoms with Gasteiger partial charge >= 0.3 is 0 Å². The number of carbonyl (C=O) groups is 1. The zero-order chi connectivity index (χ0) is 17.8. The number of nitrogens with zero attached hydrogens (tertiary/aromatic N) is 1. The quantitative estimate of drug-likeness (QED) is 0.768. The van der Waals surface area contributed by atoms with Crippen LogP contribution in [0.4, 0.5) is 0 Å². The third-order valence-corrected chi connectivity index (χ3v) is 4.30. The first-order valence-corrected chi connectivity index (χ1v) is 8.35. The van der Waals surface area contributed by atoms with E-state index in [0.29, 0.717) is 6.42 Å². The van der Waals surface area contributed by atoms with Crippen molar-refractivity contribution < 1.29 is 9.53 Å². The summed E-state index contributed by atoms with van der Waals surface area (Å²) in [5.41, 5.74) is 3.92. The maximum Gasteiger partial charge on any atom is 0.224 e. The number of hydrogen-bond donors (Lipinski definition) is 1. The number of hydrogen-bond acceptors (Lipinski definition) is 3. The fourth-order valence-corrected chi connectivity index (χ4v) is 3.05. The van der Waals surface area contributed by atoms with Gasteiger partial charge in [0.15, 0.2) is 0 Å². The van der Waals surface area contributed by atoms with Crippen LogP contribution < -0.4 is 10.1 Å². The summed E-state index contributed by atoms with van der Waals surface area (Å²) in [4.78, 5) is 17.0. The molecule has 2 aromatic carbocycles. The molecule has 1 aromatic heterocycles. The summed E-state index contributed by atoms with van der Waals surface area (Å²) in [7, 11) is 1.64. The summed E-state index contributed by atoms with van der Waals surface area (Å²) < 4.78 is 5.42. The van der Waals surface area contributed by atoms with E-state index in [9.17, 15) is 4.79 Å². The third-order valence-electron chi connectivity index (χ3n) is 4.30. The topological polar surface area (TPSA) is 51.2 Å². The molecule has 3 rings (SSSR count). The lowest BCUT2D eigenvalue weighted by atomic mass is 10.0. The van der Waals surface area contributed by atoms with Crippen molar-refractivity contribution in [2.75, 3.05) is 7.11 Å². The first-order valence-electron chi connectivity index (χ1n) is 8.35. The van der Waals surface area contributed by atoms with Crippen LogP contribution in [0.15, 0.2) is 54.7 Å². The molecule has 1 N–H and O–H groups in total. The predicted octanol–water partition coefficient (Wildman–Crippen LogP) is 3.97.